The molecule has 0 radical (unpaired) electrons. The zero-order valence-corrected chi connectivity index (χ0v) is 14.2. The molecule has 0 amide bonds. The van der Waals surface area contributed by atoms with Crippen LogP contribution in [-0.4, -0.2) is 20.1 Å². The van der Waals surface area contributed by atoms with Gasteiger partial charge in [0.25, 0.3) is 0 Å². The molecular weight excluding hydrogens is 322 g/mol. The van der Waals surface area contributed by atoms with Crippen molar-refractivity contribution in [1.29, 1.82) is 0 Å². The Kier molecular flexibility index (Phi) is 4.58. The Morgan fingerprint density at radius 1 is 0.769 bits per heavy atom. The third-order valence-corrected chi connectivity index (χ3v) is 4.37. The molecule has 4 aromatic rings. The van der Waals surface area contributed by atoms with Crippen molar-refractivity contribution in [3.63, 3.8) is 0 Å². The molecule has 0 aliphatic carbocycles. The lowest BCUT2D eigenvalue weighted by molar-refractivity contribution is 0.209. The van der Waals surface area contributed by atoms with Crippen molar-refractivity contribution < 1.29 is 5.11 Å². The second kappa shape index (κ2) is 7.33. The quantitative estimate of drug-likeness (QED) is 0.595. The van der Waals surface area contributed by atoms with Crippen molar-refractivity contribution in [1.82, 2.24) is 15.0 Å². The summed E-state index contributed by atoms with van der Waals surface area (Å²) in [6.45, 7) is 0.555. The number of aliphatic hydroxyl groups excluding tert-OH is 1. The van der Waals surface area contributed by atoms with Gasteiger partial charge in [-0.1, -0.05) is 96.2 Å². The summed E-state index contributed by atoms with van der Waals surface area (Å²) in [7, 11) is 0. The third-order valence-electron chi connectivity index (χ3n) is 4.37. The highest BCUT2D eigenvalue weighted by molar-refractivity contribution is 5.62. The van der Waals surface area contributed by atoms with Crippen molar-refractivity contribution in [3.8, 4) is 11.3 Å². The van der Waals surface area contributed by atoms with Gasteiger partial charge >= 0.3 is 0 Å². The van der Waals surface area contributed by atoms with Crippen LogP contribution in [0.25, 0.3) is 11.3 Å². The Morgan fingerprint density at radius 2 is 1.35 bits per heavy atom. The van der Waals surface area contributed by atoms with Crippen LogP contribution >= 0.6 is 0 Å². The Hall–Kier alpha value is -3.24. The van der Waals surface area contributed by atoms with E-state index in [0.717, 1.165) is 16.7 Å². The highest BCUT2D eigenvalue weighted by atomic mass is 16.3. The van der Waals surface area contributed by atoms with Crippen LogP contribution in [-0.2, 0) is 6.54 Å². The predicted octanol–water partition coefficient (Wildman–Crippen LogP) is 4.08. The number of nitrogens with zero attached hydrogens (tertiary/aromatic N) is 3. The van der Waals surface area contributed by atoms with E-state index in [-0.39, 0.29) is 0 Å². The smallest absolute Gasteiger partial charge is 0.123 e. The Labute approximate surface area is 152 Å². The topological polar surface area (TPSA) is 50.9 Å². The normalized spacial score (nSPS) is 12.0. The molecule has 128 valence electrons. The van der Waals surface area contributed by atoms with E-state index in [0.29, 0.717) is 17.9 Å². The fourth-order valence-corrected chi connectivity index (χ4v) is 3.06. The van der Waals surface area contributed by atoms with Crippen LogP contribution in [0.3, 0.4) is 0 Å². The van der Waals surface area contributed by atoms with E-state index >= 15 is 0 Å². The zero-order chi connectivity index (χ0) is 17.8. The van der Waals surface area contributed by atoms with E-state index in [1.165, 1.54) is 0 Å². The van der Waals surface area contributed by atoms with Gasteiger partial charge in [-0.25, -0.2) is 4.68 Å². The van der Waals surface area contributed by atoms with Gasteiger partial charge in [-0.2, -0.15) is 0 Å². The number of aliphatic hydroxyl groups is 1. The van der Waals surface area contributed by atoms with Crippen LogP contribution in [0.4, 0.5) is 0 Å². The number of hydrogen-bond donors (Lipinski definition) is 1. The van der Waals surface area contributed by atoms with Crippen LogP contribution in [0.15, 0.2) is 91.0 Å². The molecule has 4 rings (SSSR count). The highest BCUT2D eigenvalue weighted by Gasteiger charge is 2.23. The SMILES string of the molecule is OC(c1ccccc1)c1c(-c2ccccc2)nnn1Cc1ccccc1. The van der Waals surface area contributed by atoms with E-state index in [1.54, 1.807) is 4.68 Å². The first-order chi connectivity index (χ1) is 12.8. The monoisotopic (exact) mass is 341 g/mol. The number of hydrogen-bond acceptors (Lipinski definition) is 3. The van der Waals surface area contributed by atoms with Gasteiger partial charge in [-0.3, -0.25) is 0 Å². The molecule has 3 aromatic carbocycles. The molecule has 1 atom stereocenters. The number of aromatic nitrogens is 3. The fraction of sp³-hybridized carbons (Fsp3) is 0.0909. The zero-order valence-electron chi connectivity index (χ0n) is 14.2. The Balaban J connectivity index is 1.81. The van der Waals surface area contributed by atoms with E-state index in [4.69, 9.17) is 0 Å². The Morgan fingerprint density at radius 3 is 2.00 bits per heavy atom. The summed E-state index contributed by atoms with van der Waals surface area (Å²) >= 11 is 0. The van der Waals surface area contributed by atoms with Crippen molar-refractivity contribution in [2.75, 3.05) is 0 Å². The molecule has 4 nitrogen and oxygen atoms in total. The van der Waals surface area contributed by atoms with E-state index < -0.39 is 6.10 Å². The van der Waals surface area contributed by atoms with Crippen molar-refractivity contribution in [3.05, 3.63) is 108 Å². The largest absolute Gasteiger partial charge is 0.382 e. The average Bonchev–Trinajstić information content (AvgIpc) is 3.13. The van der Waals surface area contributed by atoms with Gasteiger partial charge < -0.3 is 5.11 Å². The van der Waals surface area contributed by atoms with Crippen LogP contribution < -0.4 is 0 Å². The van der Waals surface area contributed by atoms with E-state index in [2.05, 4.69) is 10.3 Å². The van der Waals surface area contributed by atoms with Gasteiger partial charge in [-0.15, -0.1) is 5.10 Å². The first-order valence-electron chi connectivity index (χ1n) is 8.58. The van der Waals surface area contributed by atoms with Gasteiger partial charge in [0.15, 0.2) is 0 Å². The number of rotatable bonds is 5. The maximum atomic E-state index is 11.1. The lowest BCUT2D eigenvalue weighted by atomic mass is 10.0. The maximum absolute atomic E-state index is 11.1. The molecule has 0 aliphatic rings. The third kappa shape index (κ3) is 3.27. The Bertz CT molecular complexity index is 966. The summed E-state index contributed by atoms with van der Waals surface area (Å²) in [6, 6.07) is 29.5. The molecule has 26 heavy (non-hydrogen) atoms. The van der Waals surface area contributed by atoms with E-state index in [9.17, 15) is 5.11 Å². The molecule has 0 saturated carbocycles. The molecule has 0 bridgehead atoms. The minimum Gasteiger partial charge on any atom is -0.382 e. The summed E-state index contributed by atoms with van der Waals surface area (Å²) in [5, 5.41) is 19.8. The molecule has 1 aromatic heterocycles. The standard InChI is InChI=1S/C22H19N3O/c26-22(19-14-8-3-9-15-19)21-20(18-12-6-2-7-13-18)23-24-25(21)16-17-10-4-1-5-11-17/h1-15,22,26H,16H2. The number of benzene rings is 3. The summed E-state index contributed by atoms with van der Waals surface area (Å²) in [6.07, 6.45) is -0.801. The molecule has 1 unspecified atom stereocenters. The van der Waals surface area contributed by atoms with Gasteiger partial charge in [0.1, 0.15) is 17.5 Å². The maximum Gasteiger partial charge on any atom is 0.123 e. The molecule has 0 spiro atoms. The minimum atomic E-state index is -0.801. The molecule has 1 heterocycles. The van der Waals surface area contributed by atoms with Gasteiger partial charge in [-0.05, 0) is 11.1 Å². The second-order valence-corrected chi connectivity index (χ2v) is 6.15. The molecule has 4 heteroatoms. The van der Waals surface area contributed by atoms with Crippen molar-refractivity contribution in [2.24, 2.45) is 0 Å². The summed E-state index contributed by atoms with van der Waals surface area (Å²) in [5.74, 6) is 0. The predicted molar refractivity (Wildman–Crippen MR) is 102 cm³/mol. The minimum absolute atomic E-state index is 0.555. The molecule has 0 saturated heterocycles. The summed E-state index contributed by atoms with van der Waals surface area (Å²) < 4.78 is 1.79. The first kappa shape index (κ1) is 16.2. The molecular formula is C22H19N3O. The van der Waals surface area contributed by atoms with E-state index in [1.807, 2.05) is 91.0 Å². The second-order valence-electron chi connectivity index (χ2n) is 6.15. The van der Waals surface area contributed by atoms with Crippen molar-refractivity contribution in [2.45, 2.75) is 12.6 Å². The molecule has 0 fully saturated rings. The van der Waals surface area contributed by atoms with Crippen LogP contribution in [0.5, 0.6) is 0 Å². The van der Waals surface area contributed by atoms with Gasteiger partial charge in [0.2, 0.25) is 0 Å². The first-order valence-corrected chi connectivity index (χ1v) is 8.58. The van der Waals surface area contributed by atoms with Crippen LogP contribution in [0.2, 0.25) is 0 Å². The molecule has 0 aliphatic heterocycles. The highest BCUT2D eigenvalue weighted by Crippen LogP contribution is 2.30. The van der Waals surface area contributed by atoms with Crippen molar-refractivity contribution >= 4 is 0 Å². The van der Waals surface area contributed by atoms with Gasteiger partial charge in [0, 0.05) is 5.56 Å². The van der Waals surface area contributed by atoms with Crippen LogP contribution in [0, 0.1) is 0 Å². The lowest BCUT2D eigenvalue weighted by Crippen LogP contribution is -2.12. The van der Waals surface area contributed by atoms with Gasteiger partial charge in [0.05, 0.1) is 6.54 Å². The lowest BCUT2D eigenvalue weighted by Gasteiger charge is -2.15. The fourth-order valence-electron chi connectivity index (χ4n) is 3.06. The summed E-state index contributed by atoms with van der Waals surface area (Å²) in [5.41, 5.74) is 4.28. The summed E-state index contributed by atoms with van der Waals surface area (Å²) in [4.78, 5) is 0. The molecule has 1 N–H and O–H groups in total. The van der Waals surface area contributed by atoms with Crippen LogP contribution in [0.1, 0.15) is 22.9 Å². The average molecular weight is 341 g/mol.